The molecule has 1 N–H and O–H groups in total. The first-order chi connectivity index (χ1) is 17.1. The summed E-state index contributed by atoms with van der Waals surface area (Å²) in [5, 5.41) is 2.37. The molecule has 3 heterocycles. The number of hydrogen-bond acceptors (Lipinski definition) is 5. The summed E-state index contributed by atoms with van der Waals surface area (Å²) < 4.78 is 6.59. The first-order valence-corrected chi connectivity index (χ1v) is 13.7. The Kier molecular flexibility index (Phi) is 6.29. The van der Waals surface area contributed by atoms with Gasteiger partial charge in [-0.05, 0) is 61.3 Å². The third-order valence-electron chi connectivity index (χ3n) is 9.17. The summed E-state index contributed by atoms with van der Waals surface area (Å²) in [5.41, 5.74) is 1.55. The van der Waals surface area contributed by atoms with Gasteiger partial charge in [-0.25, -0.2) is 0 Å². The minimum absolute atomic E-state index is 0.133. The van der Waals surface area contributed by atoms with Crippen LogP contribution in [0.4, 0.5) is 0 Å². The zero-order valence-corrected chi connectivity index (χ0v) is 20.5. The predicted octanol–water partition coefficient (Wildman–Crippen LogP) is 3.65. The molecule has 188 valence electrons. The van der Waals surface area contributed by atoms with Crippen LogP contribution in [0.25, 0.3) is 0 Å². The number of carbonyl (C=O) groups is 3. The smallest absolute Gasteiger partial charge is 0.255 e. The van der Waals surface area contributed by atoms with Crippen molar-refractivity contribution in [3.8, 4) is 5.75 Å². The monoisotopic (exact) mass is 479 g/mol. The van der Waals surface area contributed by atoms with Crippen LogP contribution in [0.3, 0.4) is 0 Å². The average Bonchev–Trinajstić information content (AvgIpc) is 3.15. The van der Waals surface area contributed by atoms with Crippen molar-refractivity contribution in [2.24, 2.45) is 11.8 Å². The molecule has 6 rings (SSSR count). The van der Waals surface area contributed by atoms with Crippen LogP contribution in [0.5, 0.6) is 5.75 Å². The molecule has 0 bridgehead atoms. The summed E-state index contributed by atoms with van der Waals surface area (Å²) >= 11 is 0. The Balaban J connectivity index is 1.10. The molecule has 1 aromatic carbocycles. The first kappa shape index (κ1) is 23.0. The van der Waals surface area contributed by atoms with Crippen molar-refractivity contribution in [2.75, 3.05) is 13.1 Å². The van der Waals surface area contributed by atoms with Gasteiger partial charge in [-0.3, -0.25) is 24.6 Å². The molecule has 2 saturated heterocycles. The highest BCUT2D eigenvalue weighted by Crippen LogP contribution is 2.39. The Morgan fingerprint density at radius 1 is 0.857 bits per heavy atom. The maximum absolute atomic E-state index is 13.0. The standard InChI is InChI=1S/C28H37N3O4/c32-26-13-12-24(27(33)29-26)31-17-19-14-21(10-11-22(19)28(31)34)35-25-9-5-4-8-23(25)30-15-20(16-30)18-6-2-1-3-7-18/h10-11,14,18,20,23-25H,1-9,12-13,15-17H2,(H,29,32,33)/t23-,24?,25?/m0/s1. The minimum atomic E-state index is -0.580. The molecule has 3 atom stereocenters. The number of piperidine rings is 1. The van der Waals surface area contributed by atoms with E-state index < -0.39 is 6.04 Å². The SMILES string of the molecule is O=C1CCC(N2Cc3cc(OC4CCCC[C@@H]4N4CC(C5CCCCC5)C4)ccc3C2=O)C(=O)N1. The largest absolute Gasteiger partial charge is 0.489 e. The number of hydrogen-bond donors (Lipinski definition) is 1. The van der Waals surface area contributed by atoms with Crippen molar-refractivity contribution in [1.82, 2.24) is 15.1 Å². The number of nitrogens with one attached hydrogen (secondary N) is 1. The van der Waals surface area contributed by atoms with Crippen LogP contribution >= 0.6 is 0 Å². The summed E-state index contributed by atoms with van der Waals surface area (Å²) in [7, 11) is 0. The summed E-state index contributed by atoms with van der Waals surface area (Å²) in [5.74, 6) is 1.87. The maximum atomic E-state index is 13.0. The molecule has 0 spiro atoms. The number of nitrogens with zero attached hydrogens (tertiary/aromatic N) is 2. The lowest BCUT2D eigenvalue weighted by Crippen LogP contribution is -2.59. The lowest BCUT2D eigenvalue weighted by Gasteiger charge is -2.51. The van der Waals surface area contributed by atoms with Crippen LogP contribution in [0.15, 0.2) is 18.2 Å². The van der Waals surface area contributed by atoms with Gasteiger partial charge < -0.3 is 9.64 Å². The second-order valence-electron chi connectivity index (χ2n) is 11.3. The van der Waals surface area contributed by atoms with Crippen molar-refractivity contribution in [3.63, 3.8) is 0 Å². The Morgan fingerprint density at radius 2 is 1.63 bits per heavy atom. The van der Waals surface area contributed by atoms with Crippen molar-refractivity contribution in [3.05, 3.63) is 29.3 Å². The number of likely N-dealkylation sites (tertiary alicyclic amines) is 1. The number of carbonyl (C=O) groups excluding carboxylic acids is 3. The number of fused-ring (bicyclic) bond motifs is 1. The van der Waals surface area contributed by atoms with Gasteiger partial charge in [0.1, 0.15) is 17.9 Å². The number of benzene rings is 1. The molecule has 3 aliphatic heterocycles. The van der Waals surface area contributed by atoms with Gasteiger partial charge in [0, 0.05) is 37.7 Å². The highest BCUT2D eigenvalue weighted by Gasteiger charge is 2.42. The summed E-state index contributed by atoms with van der Waals surface area (Å²) in [6, 6.07) is 5.66. The lowest BCUT2D eigenvalue weighted by atomic mass is 9.75. The quantitative estimate of drug-likeness (QED) is 0.653. The molecule has 4 fully saturated rings. The average molecular weight is 480 g/mol. The first-order valence-electron chi connectivity index (χ1n) is 13.7. The molecule has 5 aliphatic rings. The Morgan fingerprint density at radius 3 is 2.43 bits per heavy atom. The van der Waals surface area contributed by atoms with Gasteiger partial charge in [0.2, 0.25) is 11.8 Å². The van der Waals surface area contributed by atoms with E-state index in [0.717, 1.165) is 29.6 Å². The van der Waals surface area contributed by atoms with Crippen molar-refractivity contribution >= 4 is 17.7 Å². The van der Waals surface area contributed by atoms with Gasteiger partial charge in [-0.1, -0.05) is 38.5 Å². The highest BCUT2D eigenvalue weighted by atomic mass is 16.5. The molecule has 2 unspecified atom stereocenters. The predicted molar refractivity (Wildman–Crippen MR) is 131 cm³/mol. The van der Waals surface area contributed by atoms with E-state index in [9.17, 15) is 14.4 Å². The van der Waals surface area contributed by atoms with E-state index in [1.54, 1.807) is 4.90 Å². The number of amides is 3. The van der Waals surface area contributed by atoms with Gasteiger partial charge in [-0.2, -0.15) is 0 Å². The fraction of sp³-hybridized carbons (Fsp3) is 0.679. The molecule has 3 amide bonds. The number of rotatable bonds is 5. The molecule has 7 heteroatoms. The van der Waals surface area contributed by atoms with Crippen molar-refractivity contribution in [1.29, 1.82) is 0 Å². The fourth-order valence-corrected chi connectivity index (χ4v) is 7.15. The van der Waals surface area contributed by atoms with Gasteiger partial charge in [0.15, 0.2) is 0 Å². The zero-order valence-electron chi connectivity index (χ0n) is 20.5. The molecular weight excluding hydrogens is 442 g/mol. The normalized spacial score (nSPS) is 30.7. The van der Waals surface area contributed by atoms with Crippen LogP contribution in [-0.2, 0) is 16.1 Å². The minimum Gasteiger partial charge on any atom is -0.489 e. The Bertz CT molecular complexity index is 998. The second-order valence-corrected chi connectivity index (χ2v) is 11.3. The summed E-state index contributed by atoms with van der Waals surface area (Å²) in [6.45, 7) is 2.85. The Hall–Kier alpha value is -2.41. The van der Waals surface area contributed by atoms with Crippen LogP contribution < -0.4 is 10.1 Å². The van der Waals surface area contributed by atoms with E-state index in [-0.39, 0.29) is 30.2 Å². The third-order valence-corrected chi connectivity index (χ3v) is 9.17. The molecule has 2 aliphatic carbocycles. The van der Waals surface area contributed by atoms with E-state index in [2.05, 4.69) is 10.2 Å². The van der Waals surface area contributed by atoms with Crippen molar-refractivity contribution < 1.29 is 19.1 Å². The van der Waals surface area contributed by atoms with Crippen LogP contribution in [0, 0.1) is 11.8 Å². The summed E-state index contributed by atoms with van der Waals surface area (Å²) in [6.07, 6.45) is 12.7. The fourth-order valence-electron chi connectivity index (χ4n) is 7.15. The second kappa shape index (κ2) is 9.57. The third kappa shape index (κ3) is 4.48. The van der Waals surface area contributed by atoms with E-state index in [0.29, 0.717) is 24.6 Å². The maximum Gasteiger partial charge on any atom is 0.255 e. The number of ether oxygens (including phenoxy) is 1. The van der Waals surface area contributed by atoms with E-state index >= 15 is 0 Å². The molecule has 7 nitrogen and oxygen atoms in total. The van der Waals surface area contributed by atoms with Crippen LogP contribution in [0.2, 0.25) is 0 Å². The van der Waals surface area contributed by atoms with Gasteiger partial charge in [-0.15, -0.1) is 0 Å². The molecule has 35 heavy (non-hydrogen) atoms. The van der Waals surface area contributed by atoms with Gasteiger partial charge >= 0.3 is 0 Å². The molecule has 0 radical (unpaired) electrons. The highest BCUT2D eigenvalue weighted by molar-refractivity contribution is 6.05. The number of imide groups is 1. The summed E-state index contributed by atoms with van der Waals surface area (Å²) in [4.78, 5) is 41.1. The van der Waals surface area contributed by atoms with E-state index in [1.807, 2.05) is 18.2 Å². The van der Waals surface area contributed by atoms with E-state index in [1.165, 1.54) is 64.5 Å². The van der Waals surface area contributed by atoms with Crippen LogP contribution in [-0.4, -0.2) is 58.8 Å². The molecular formula is C28H37N3O4. The molecule has 2 saturated carbocycles. The van der Waals surface area contributed by atoms with E-state index in [4.69, 9.17) is 4.74 Å². The van der Waals surface area contributed by atoms with Crippen LogP contribution in [0.1, 0.15) is 86.6 Å². The van der Waals surface area contributed by atoms with Gasteiger partial charge in [0.25, 0.3) is 5.91 Å². The van der Waals surface area contributed by atoms with Gasteiger partial charge in [0.05, 0.1) is 0 Å². The lowest BCUT2D eigenvalue weighted by molar-refractivity contribution is -0.136. The zero-order chi connectivity index (χ0) is 23.9. The molecule has 0 aromatic heterocycles. The topological polar surface area (TPSA) is 79.0 Å². The molecule has 1 aromatic rings. The Labute approximate surface area is 207 Å². The van der Waals surface area contributed by atoms with Crippen molar-refractivity contribution in [2.45, 2.75) is 95.4 Å².